The highest BCUT2D eigenvalue weighted by atomic mass is 79.9. The van der Waals surface area contributed by atoms with Gasteiger partial charge in [-0.3, -0.25) is 4.68 Å². The molecule has 102 valence electrons. The van der Waals surface area contributed by atoms with E-state index < -0.39 is 0 Å². The Bertz CT molecular complexity index is 580. The summed E-state index contributed by atoms with van der Waals surface area (Å²) in [6.45, 7) is 4.77. The third-order valence-electron chi connectivity index (χ3n) is 3.17. The van der Waals surface area contributed by atoms with Gasteiger partial charge in [-0.25, -0.2) is 0 Å². The summed E-state index contributed by atoms with van der Waals surface area (Å²) in [7, 11) is 0. The minimum absolute atomic E-state index is 0.102. The van der Waals surface area contributed by atoms with Crippen LogP contribution in [0.1, 0.15) is 29.9 Å². The third kappa shape index (κ3) is 3.02. The highest BCUT2D eigenvalue weighted by Crippen LogP contribution is 2.28. The van der Waals surface area contributed by atoms with E-state index in [1.165, 1.54) is 0 Å². The summed E-state index contributed by atoms with van der Waals surface area (Å²) in [6.07, 6.45) is 0.677. The van der Waals surface area contributed by atoms with Gasteiger partial charge in [-0.2, -0.15) is 5.10 Å². The smallest absolute Gasteiger partial charge is 0.0847 e. The van der Waals surface area contributed by atoms with Crippen LogP contribution in [0.2, 0.25) is 5.02 Å². The molecule has 0 radical (unpaired) electrons. The van der Waals surface area contributed by atoms with Gasteiger partial charge in [0.1, 0.15) is 0 Å². The van der Waals surface area contributed by atoms with Crippen LogP contribution >= 0.6 is 27.5 Å². The van der Waals surface area contributed by atoms with E-state index >= 15 is 0 Å². The van der Waals surface area contributed by atoms with Crippen molar-refractivity contribution < 1.29 is 0 Å². The molecule has 1 aromatic carbocycles. The Hall–Kier alpha value is -0.840. The van der Waals surface area contributed by atoms with E-state index in [2.05, 4.69) is 28.0 Å². The number of hydrogen-bond donors (Lipinski definition) is 1. The van der Waals surface area contributed by atoms with Crippen molar-refractivity contribution in [1.82, 2.24) is 9.78 Å². The highest BCUT2D eigenvalue weighted by molar-refractivity contribution is 9.10. The molecule has 0 amide bonds. The first kappa shape index (κ1) is 14.6. The van der Waals surface area contributed by atoms with Crippen molar-refractivity contribution >= 4 is 27.5 Å². The maximum absolute atomic E-state index is 6.31. The molecule has 0 saturated carbocycles. The Morgan fingerprint density at radius 1 is 1.42 bits per heavy atom. The van der Waals surface area contributed by atoms with E-state index in [1.807, 2.05) is 35.9 Å². The van der Waals surface area contributed by atoms with Gasteiger partial charge in [-0.1, -0.05) is 45.7 Å². The summed E-state index contributed by atoms with van der Waals surface area (Å²) in [4.78, 5) is 0. The van der Waals surface area contributed by atoms with Crippen LogP contribution in [0.3, 0.4) is 0 Å². The molecule has 2 rings (SSSR count). The number of nitrogens with zero attached hydrogens (tertiary/aromatic N) is 2. The zero-order valence-corrected chi connectivity index (χ0v) is 13.4. The monoisotopic (exact) mass is 341 g/mol. The molecule has 1 unspecified atom stereocenters. The van der Waals surface area contributed by atoms with E-state index in [9.17, 15) is 0 Å². The van der Waals surface area contributed by atoms with Crippen molar-refractivity contribution in [3.8, 4) is 0 Å². The Kier molecular flexibility index (Phi) is 4.66. The average molecular weight is 343 g/mol. The zero-order valence-electron chi connectivity index (χ0n) is 11.0. The van der Waals surface area contributed by atoms with Crippen molar-refractivity contribution in [2.24, 2.45) is 5.73 Å². The summed E-state index contributed by atoms with van der Waals surface area (Å²) in [6, 6.07) is 7.90. The van der Waals surface area contributed by atoms with Gasteiger partial charge in [0.2, 0.25) is 0 Å². The molecular formula is C14H17BrClN3. The zero-order chi connectivity index (χ0) is 14.0. The minimum atomic E-state index is -0.102. The second-order valence-electron chi connectivity index (χ2n) is 4.49. The van der Waals surface area contributed by atoms with Gasteiger partial charge < -0.3 is 5.73 Å². The Morgan fingerprint density at radius 2 is 2.11 bits per heavy atom. The number of hydrogen-bond acceptors (Lipinski definition) is 2. The van der Waals surface area contributed by atoms with E-state index in [0.717, 1.165) is 33.0 Å². The van der Waals surface area contributed by atoms with Gasteiger partial charge in [-0.15, -0.1) is 0 Å². The number of rotatable bonds is 4. The van der Waals surface area contributed by atoms with Crippen LogP contribution in [0.4, 0.5) is 0 Å². The van der Waals surface area contributed by atoms with Crippen LogP contribution in [0.15, 0.2) is 28.7 Å². The average Bonchev–Trinajstić information content (AvgIpc) is 2.67. The van der Waals surface area contributed by atoms with Crippen LogP contribution < -0.4 is 5.73 Å². The Balaban J connectivity index is 2.29. The molecule has 0 saturated heterocycles. The Labute approximate surface area is 126 Å². The molecule has 0 spiro atoms. The molecule has 0 fully saturated rings. The summed E-state index contributed by atoms with van der Waals surface area (Å²) < 4.78 is 2.95. The summed E-state index contributed by atoms with van der Waals surface area (Å²) >= 11 is 9.85. The number of benzene rings is 1. The molecular weight excluding hydrogens is 326 g/mol. The lowest BCUT2D eigenvalue weighted by molar-refractivity contribution is 0.587. The van der Waals surface area contributed by atoms with Crippen molar-refractivity contribution in [1.29, 1.82) is 0 Å². The van der Waals surface area contributed by atoms with Crippen molar-refractivity contribution in [3.63, 3.8) is 0 Å². The number of aryl methyl sites for hydroxylation is 2. The predicted molar refractivity (Wildman–Crippen MR) is 82.4 cm³/mol. The first-order valence-corrected chi connectivity index (χ1v) is 7.43. The van der Waals surface area contributed by atoms with Gasteiger partial charge in [0.05, 0.1) is 16.4 Å². The third-order valence-corrected chi connectivity index (χ3v) is 4.38. The van der Waals surface area contributed by atoms with E-state index in [-0.39, 0.29) is 6.04 Å². The molecule has 19 heavy (non-hydrogen) atoms. The van der Waals surface area contributed by atoms with Gasteiger partial charge in [0, 0.05) is 23.5 Å². The second kappa shape index (κ2) is 6.07. The molecule has 2 N–H and O–H groups in total. The fraction of sp³-hybridized carbons (Fsp3) is 0.357. The van der Waals surface area contributed by atoms with E-state index in [1.54, 1.807) is 0 Å². The summed E-state index contributed by atoms with van der Waals surface area (Å²) in [5.41, 5.74) is 9.25. The lowest BCUT2D eigenvalue weighted by atomic mass is 10.0. The van der Waals surface area contributed by atoms with Gasteiger partial charge >= 0.3 is 0 Å². The van der Waals surface area contributed by atoms with Gasteiger partial charge in [-0.05, 0) is 25.5 Å². The van der Waals surface area contributed by atoms with Crippen LogP contribution in [0.5, 0.6) is 0 Å². The van der Waals surface area contributed by atoms with Crippen LogP contribution in [-0.2, 0) is 13.0 Å². The maximum Gasteiger partial charge on any atom is 0.0847 e. The molecule has 5 heteroatoms. The predicted octanol–water partition coefficient (Wildman–Crippen LogP) is 3.87. The normalized spacial score (nSPS) is 12.7. The van der Waals surface area contributed by atoms with Gasteiger partial charge in [0.25, 0.3) is 0 Å². The number of nitrogens with two attached hydrogens (primary N) is 1. The van der Waals surface area contributed by atoms with E-state index in [4.69, 9.17) is 17.3 Å². The molecule has 0 aliphatic rings. The van der Waals surface area contributed by atoms with Crippen molar-refractivity contribution in [2.75, 3.05) is 0 Å². The fourth-order valence-electron chi connectivity index (χ4n) is 2.16. The molecule has 0 bridgehead atoms. The number of halogens is 2. The van der Waals surface area contributed by atoms with Crippen LogP contribution in [0.25, 0.3) is 0 Å². The minimum Gasteiger partial charge on any atom is -0.324 e. The molecule has 0 aliphatic carbocycles. The van der Waals surface area contributed by atoms with E-state index in [0.29, 0.717) is 6.42 Å². The SMILES string of the molecule is CCn1nc(C)c(Cl)c1CC(N)c1ccccc1Br. The van der Waals surface area contributed by atoms with Crippen LogP contribution in [0, 0.1) is 6.92 Å². The maximum atomic E-state index is 6.31. The van der Waals surface area contributed by atoms with Gasteiger partial charge in [0.15, 0.2) is 0 Å². The highest BCUT2D eigenvalue weighted by Gasteiger charge is 2.17. The van der Waals surface area contributed by atoms with Crippen molar-refractivity contribution in [2.45, 2.75) is 32.9 Å². The first-order chi connectivity index (χ1) is 9.04. The van der Waals surface area contributed by atoms with Crippen molar-refractivity contribution in [3.05, 3.63) is 50.7 Å². The summed E-state index contributed by atoms with van der Waals surface area (Å²) in [5.74, 6) is 0. The first-order valence-electron chi connectivity index (χ1n) is 6.26. The molecule has 1 atom stereocenters. The summed E-state index contributed by atoms with van der Waals surface area (Å²) in [5, 5.41) is 5.14. The quantitative estimate of drug-likeness (QED) is 0.916. The number of aromatic nitrogens is 2. The molecule has 2 aromatic rings. The molecule has 0 aliphatic heterocycles. The molecule has 1 aromatic heterocycles. The molecule has 1 heterocycles. The standard InChI is InChI=1S/C14H17BrClN3/c1-3-19-13(14(16)9(2)18-19)8-12(17)10-6-4-5-7-11(10)15/h4-7,12H,3,8,17H2,1-2H3. The Morgan fingerprint density at radius 3 is 2.74 bits per heavy atom. The second-order valence-corrected chi connectivity index (χ2v) is 5.73. The van der Waals surface area contributed by atoms with Crippen LogP contribution in [-0.4, -0.2) is 9.78 Å². The lowest BCUT2D eigenvalue weighted by Crippen LogP contribution is -2.16. The fourth-order valence-corrected chi connectivity index (χ4v) is 2.95. The molecule has 3 nitrogen and oxygen atoms in total. The largest absolute Gasteiger partial charge is 0.324 e. The lowest BCUT2D eigenvalue weighted by Gasteiger charge is -2.15. The topological polar surface area (TPSA) is 43.8 Å².